The fourth-order valence-electron chi connectivity index (χ4n) is 2.40. The summed E-state index contributed by atoms with van der Waals surface area (Å²) in [5, 5.41) is 7.83. The number of rotatable bonds is 5. The summed E-state index contributed by atoms with van der Waals surface area (Å²) in [5.41, 5.74) is 3.05. The minimum Gasteiger partial charge on any atom is -0.309 e. The third-order valence-electron chi connectivity index (χ3n) is 3.28. The normalized spacial score (nSPS) is 12.7. The van der Waals surface area contributed by atoms with E-state index in [1.807, 2.05) is 18.7 Å². The molecule has 1 N–H and O–H groups in total. The number of aryl methyl sites for hydroxylation is 2. The third kappa shape index (κ3) is 3.46. The number of likely N-dealkylation sites (N-methyl/N-ethyl adjacent to an activating group) is 1. The third-order valence-corrected chi connectivity index (χ3v) is 4.05. The second-order valence-electron chi connectivity index (χ2n) is 4.88. The van der Waals surface area contributed by atoms with Crippen LogP contribution in [0, 0.1) is 12.7 Å². The van der Waals surface area contributed by atoms with Crippen LogP contribution in [0.2, 0.25) is 0 Å². The molecular weight excluding hydrogens is 321 g/mol. The van der Waals surface area contributed by atoms with E-state index < -0.39 is 0 Å². The summed E-state index contributed by atoms with van der Waals surface area (Å²) in [4.78, 5) is 0. The first kappa shape index (κ1) is 15.2. The van der Waals surface area contributed by atoms with Crippen molar-refractivity contribution in [3.05, 3.63) is 51.5 Å². The molecule has 0 bridgehead atoms. The van der Waals surface area contributed by atoms with Gasteiger partial charge < -0.3 is 5.32 Å². The van der Waals surface area contributed by atoms with Gasteiger partial charge in [0.2, 0.25) is 0 Å². The lowest BCUT2D eigenvalue weighted by atomic mass is 10.0. The Hall–Kier alpha value is -1.20. The van der Waals surface area contributed by atoms with Crippen LogP contribution >= 0.6 is 15.9 Å². The lowest BCUT2D eigenvalue weighted by Gasteiger charge is -2.19. The van der Waals surface area contributed by atoms with Crippen molar-refractivity contribution >= 4 is 15.9 Å². The number of halogens is 2. The van der Waals surface area contributed by atoms with E-state index in [0.717, 1.165) is 28.0 Å². The molecule has 0 radical (unpaired) electrons. The predicted octanol–water partition coefficient (Wildman–Crippen LogP) is 3.52. The summed E-state index contributed by atoms with van der Waals surface area (Å²) in [6.45, 7) is 4.89. The van der Waals surface area contributed by atoms with Gasteiger partial charge >= 0.3 is 0 Å². The Labute approximate surface area is 127 Å². The van der Waals surface area contributed by atoms with E-state index in [9.17, 15) is 4.39 Å². The molecule has 108 valence electrons. The number of benzene rings is 1. The molecule has 5 heteroatoms. The maximum absolute atomic E-state index is 13.4. The van der Waals surface area contributed by atoms with Crippen LogP contribution in [0.3, 0.4) is 0 Å². The van der Waals surface area contributed by atoms with Crippen LogP contribution in [0.4, 0.5) is 4.39 Å². The number of aromatic nitrogens is 2. The highest BCUT2D eigenvalue weighted by molar-refractivity contribution is 9.10. The van der Waals surface area contributed by atoms with Gasteiger partial charge in [-0.05, 0) is 49.7 Å². The summed E-state index contributed by atoms with van der Waals surface area (Å²) >= 11 is 3.49. The molecule has 0 saturated carbocycles. The van der Waals surface area contributed by atoms with E-state index in [1.165, 1.54) is 6.07 Å². The molecule has 0 fully saturated rings. The van der Waals surface area contributed by atoms with Crippen LogP contribution < -0.4 is 5.32 Å². The number of hydrogen-bond acceptors (Lipinski definition) is 2. The minimum atomic E-state index is -0.209. The van der Waals surface area contributed by atoms with Gasteiger partial charge in [0.05, 0.1) is 17.4 Å². The molecular formula is C15H19BrFN3. The summed E-state index contributed by atoms with van der Waals surface area (Å²) in [5.74, 6) is -0.209. The Morgan fingerprint density at radius 2 is 2.15 bits per heavy atom. The molecule has 1 aromatic heterocycles. The van der Waals surface area contributed by atoms with Crippen molar-refractivity contribution in [3.8, 4) is 0 Å². The SMILES string of the molecule is CCNC(Cc1cc(F)ccc1Br)c1cc(C)nn1C. The van der Waals surface area contributed by atoms with Gasteiger partial charge in [-0.3, -0.25) is 4.68 Å². The zero-order valence-corrected chi connectivity index (χ0v) is 13.5. The summed E-state index contributed by atoms with van der Waals surface area (Å²) in [6, 6.07) is 6.98. The van der Waals surface area contributed by atoms with E-state index in [-0.39, 0.29) is 11.9 Å². The van der Waals surface area contributed by atoms with Crippen molar-refractivity contribution in [2.75, 3.05) is 6.54 Å². The maximum Gasteiger partial charge on any atom is 0.123 e. The Kier molecular flexibility index (Phi) is 4.94. The fourth-order valence-corrected chi connectivity index (χ4v) is 2.81. The van der Waals surface area contributed by atoms with E-state index >= 15 is 0 Å². The highest BCUT2D eigenvalue weighted by atomic mass is 79.9. The Morgan fingerprint density at radius 1 is 1.40 bits per heavy atom. The topological polar surface area (TPSA) is 29.9 Å². The maximum atomic E-state index is 13.4. The first-order chi connectivity index (χ1) is 9.51. The molecule has 0 aliphatic heterocycles. The molecule has 20 heavy (non-hydrogen) atoms. The number of nitrogens with one attached hydrogen (secondary N) is 1. The molecule has 1 atom stereocenters. The van der Waals surface area contributed by atoms with Gasteiger partial charge in [0.25, 0.3) is 0 Å². The Morgan fingerprint density at radius 3 is 2.75 bits per heavy atom. The number of hydrogen-bond donors (Lipinski definition) is 1. The van der Waals surface area contributed by atoms with E-state index in [0.29, 0.717) is 6.42 Å². The molecule has 1 heterocycles. The standard InChI is InChI=1S/C15H19BrFN3/c1-4-18-14(15-7-10(2)19-20(15)3)9-11-8-12(17)5-6-13(11)16/h5-8,14,18H,4,9H2,1-3H3. The van der Waals surface area contributed by atoms with E-state index in [1.54, 1.807) is 12.1 Å². The molecule has 0 spiro atoms. The largest absolute Gasteiger partial charge is 0.309 e. The van der Waals surface area contributed by atoms with Crippen molar-refractivity contribution in [1.82, 2.24) is 15.1 Å². The molecule has 0 saturated heterocycles. The van der Waals surface area contributed by atoms with Crippen molar-refractivity contribution in [2.24, 2.45) is 7.05 Å². The molecule has 3 nitrogen and oxygen atoms in total. The van der Waals surface area contributed by atoms with Gasteiger partial charge in [-0.25, -0.2) is 4.39 Å². The number of nitrogens with zero attached hydrogens (tertiary/aromatic N) is 2. The van der Waals surface area contributed by atoms with Gasteiger partial charge in [0, 0.05) is 11.5 Å². The van der Waals surface area contributed by atoms with Gasteiger partial charge in [0.1, 0.15) is 5.82 Å². The van der Waals surface area contributed by atoms with Crippen molar-refractivity contribution in [3.63, 3.8) is 0 Å². The first-order valence-corrected chi connectivity index (χ1v) is 7.48. The highest BCUT2D eigenvalue weighted by Crippen LogP contribution is 2.25. The molecule has 1 aromatic carbocycles. The van der Waals surface area contributed by atoms with Crippen LogP contribution in [-0.4, -0.2) is 16.3 Å². The summed E-state index contributed by atoms with van der Waals surface area (Å²) in [7, 11) is 1.94. The Balaban J connectivity index is 2.30. The fraction of sp³-hybridized carbons (Fsp3) is 0.400. The van der Waals surface area contributed by atoms with Crippen molar-refractivity contribution < 1.29 is 4.39 Å². The van der Waals surface area contributed by atoms with E-state index in [4.69, 9.17) is 0 Å². The van der Waals surface area contributed by atoms with E-state index in [2.05, 4.69) is 39.3 Å². The Bertz CT molecular complexity index is 595. The van der Waals surface area contributed by atoms with Gasteiger partial charge in [-0.15, -0.1) is 0 Å². The first-order valence-electron chi connectivity index (χ1n) is 6.69. The second-order valence-corrected chi connectivity index (χ2v) is 5.74. The molecule has 0 aliphatic carbocycles. The molecule has 0 amide bonds. The summed E-state index contributed by atoms with van der Waals surface area (Å²) in [6.07, 6.45) is 0.713. The predicted molar refractivity (Wildman–Crippen MR) is 82.2 cm³/mol. The van der Waals surface area contributed by atoms with Gasteiger partial charge in [-0.2, -0.15) is 5.10 Å². The van der Waals surface area contributed by atoms with Gasteiger partial charge in [0.15, 0.2) is 0 Å². The van der Waals surface area contributed by atoms with Gasteiger partial charge in [-0.1, -0.05) is 22.9 Å². The quantitative estimate of drug-likeness (QED) is 0.903. The minimum absolute atomic E-state index is 0.115. The lowest BCUT2D eigenvalue weighted by molar-refractivity contribution is 0.505. The highest BCUT2D eigenvalue weighted by Gasteiger charge is 2.17. The van der Waals surface area contributed by atoms with Crippen LogP contribution in [0.5, 0.6) is 0 Å². The summed E-state index contributed by atoms with van der Waals surface area (Å²) < 4.78 is 16.2. The average Bonchev–Trinajstić information content (AvgIpc) is 2.72. The second kappa shape index (κ2) is 6.50. The van der Waals surface area contributed by atoms with Crippen LogP contribution in [0.1, 0.15) is 29.9 Å². The zero-order chi connectivity index (χ0) is 14.7. The lowest BCUT2D eigenvalue weighted by Crippen LogP contribution is -2.25. The monoisotopic (exact) mass is 339 g/mol. The van der Waals surface area contributed by atoms with Crippen LogP contribution in [0.15, 0.2) is 28.7 Å². The van der Waals surface area contributed by atoms with Crippen molar-refractivity contribution in [1.29, 1.82) is 0 Å². The average molecular weight is 340 g/mol. The smallest absolute Gasteiger partial charge is 0.123 e. The molecule has 2 aromatic rings. The zero-order valence-electron chi connectivity index (χ0n) is 12.0. The van der Waals surface area contributed by atoms with Crippen molar-refractivity contribution in [2.45, 2.75) is 26.3 Å². The molecule has 0 aliphatic rings. The molecule has 1 unspecified atom stereocenters. The van der Waals surface area contributed by atoms with Crippen LogP contribution in [-0.2, 0) is 13.5 Å². The van der Waals surface area contributed by atoms with Crippen LogP contribution in [0.25, 0.3) is 0 Å². The molecule has 2 rings (SSSR count).